The minimum absolute atomic E-state index is 0.210. The van der Waals surface area contributed by atoms with Crippen molar-refractivity contribution < 1.29 is 13.9 Å². The first-order valence-electron chi connectivity index (χ1n) is 7.76. The van der Waals surface area contributed by atoms with Gasteiger partial charge in [-0.2, -0.15) is 0 Å². The van der Waals surface area contributed by atoms with E-state index >= 15 is 0 Å². The summed E-state index contributed by atoms with van der Waals surface area (Å²) in [5.41, 5.74) is 1.34. The quantitative estimate of drug-likeness (QED) is 0.434. The van der Waals surface area contributed by atoms with Crippen LogP contribution in [-0.4, -0.2) is 16.2 Å². The average Bonchev–Trinajstić information content (AvgIpc) is 3.12. The van der Waals surface area contributed by atoms with E-state index in [4.69, 9.17) is 32.4 Å². The molecule has 0 fully saturated rings. The molecule has 1 aromatic heterocycles. The highest BCUT2D eigenvalue weighted by Crippen LogP contribution is 2.26. The van der Waals surface area contributed by atoms with Crippen LogP contribution in [0.15, 0.2) is 59.0 Å². The summed E-state index contributed by atoms with van der Waals surface area (Å²) >= 11 is 12.1. The van der Waals surface area contributed by atoms with Gasteiger partial charge in [-0.3, -0.25) is 0 Å². The minimum atomic E-state index is -0.696. The van der Waals surface area contributed by atoms with Gasteiger partial charge in [0.15, 0.2) is 6.10 Å². The topological polar surface area (TPSA) is 65.2 Å². The molecular formula is C19H14Cl2N2O3. The minimum Gasteiger partial charge on any atom is -0.449 e. The largest absolute Gasteiger partial charge is 0.449 e. The zero-order valence-electron chi connectivity index (χ0n) is 13.7. The Labute approximate surface area is 160 Å². The summed E-state index contributed by atoms with van der Waals surface area (Å²) in [6.07, 6.45) is 2.06. The molecule has 0 spiro atoms. The van der Waals surface area contributed by atoms with Crippen molar-refractivity contribution in [3.05, 3.63) is 76.1 Å². The third-order valence-corrected chi connectivity index (χ3v) is 4.15. The predicted molar refractivity (Wildman–Crippen MR) is 99.7 cm³/mol. The highest BCUT2D eigenvalue weighted by Gasteiger charge is 2.18. The molecule has 132 valence electrons. The van der Waals surface area contributed by atoms with Crippen LogP contribution >= 0.6 is 23.2 Å². The summed E-state index contributed by atoms with van der Waals surface area (Å²) in [5.74, 6) is -0.00350. The van der Waals surface area contributed by atoms with Gasteiger partial charge in [-0.1, -0.05) is 47.5 Å². The van der Waals surface area contributed by atoms with Crippen LogP contribution < -0.4 is 0 Å². The van der Waals surface area contributed by atoms with Gasteiger partial charge in [-0.15, -0.1) is 10.2 Å². The molecule has 0 saturated heterocycles. The van der Waals surface area contributed by atoms with E-state index in [0.717, 1.165) is 5.56 Å². The van der Waals surface area contributed by atoms with E-state index in [1.54, 1.807) is 25.1 Å². The Morgan fingerprint density at radius 2 is 1.77 bits per heavy atom. The molecule has 0 aliphatic carbocycles. The number of carbonyl (C=O) groups excluding carboxylic acids is 1. The summed E-state index contributed by atoms with van der Waals surface area (Å²) < 4.78 is 10.8. The number of aromatic nitrogens is 2. The maximum atomic E-state index is 12.0. The molecule has 1 heterocycles. The number of esters is 1. The van der Waals surface area contributed by atoms with Crippen LogP contribution in [0.2, 0.25) is 10.0 Å². The number of nitrogens with zero attached hydrogens (tertiary/aromatic N) is 2. The first-order valence-corrected chi connectivity index (χ1v) is 8.51. The lowest BCUT2D eigenvalue weighted by Gasteiger charge is -2.07. The number of hydrogen-bond donors (Lipinski definition) is 0. The van der Waals surface area contributed by atoms with Crippen molar-refractivity contribution in [1.82, 2.24) is 10.2 Å². The van der Waals surface area contributed by atoms with Crippen LogP contribution in [-0.2, 0) is 9.53 Å². The summed E-state index contributed by atoms with van der Waals surface area (Å²) in [4.78, 5) is 12.0. The molecule has 0 radical (unpaired) electrons. The fraction of sp³-hybridized carbons (Fsp3) is 0.105. The molecule has 0 aliphatic heterocycles. The van der Waals surface area contributed by atoms with Gasteiger partial charge in [-0.25, -0.2) is 4.79 Å². The van der Waals surface area contributed by atoms with Crippen LogP contribution in [0, 0.1) is 0 Å². The van der Waals surface area contributed by atoms with Crippen LogP contribution in [0.3, 0.4) is 0 Å². The second kappa shape index (κ2) is 8.17. The summed E-state index contributed by atoms with van der Waals surface area (Å²) in [7, 11) is 0. The standard InChI is InChI=1S/C19H14Cl2N2O3/c1-12(18-22-23-19(26-18)13-6-3-2-4-7-13)25-17(24)11-10-14-15(20)8-5-9-16(14)21/h2-12H,1H3/b11-10+/t12-/m1/s1. The Bertz CT molecular complexity index is 919. The molecule has 5 nitrogen and oxygen atoms in total. The monoisotopic (exact) mass is 388 g/mol. The van der Waals surface area contributed by atoms with E-state index in [1.807, 2.05) is 30.3 Å². The molecule has 3 aromatic rings. The molecule has 26 heavy (non-hydrogen) atoms. The van der Waals surface area contributed by atoms with Gasteiger partial charge < -0.3 is 9.15 Å². The number of rotatable bonds is 5. The Balaban J connectivity index is 1.66. The lowest BCUT2D eigenvalue weighted by atomic mass is 10.2. The summed E-state index contributed by atoms with van der Waals surface area (Å²) in [6, 6.07) is 14.4. The molecule has 0 N–H and O–H groups in total. The van der Waals surface area contributed by atoms with E-state index in [-0.39, 0.29) is 5.89 Å². The fourth-order valence-corrected chi connectivity index (χ4v) is 2.70. The molecule has 0 saturated carbocycles. The van der Waals surface area contributed by atoms with Gasteiger partial charge in [0, 0.05) is 27.2 Å². The second-order valence-electron chi connectivity index (χ2n) is 5.36. The molecule has 0 aliphatic rings. The number of benzene rings is 2. The average molecular weight is 389 g/mol. The highest BCUT2D eigenvalue weighted by atomic mass is 35.5. The van der Waals surface area contributed by atoms with Crippen molar-refractivity contribution in [2.75, 3.05) is 0 Å². The van der Waals surface area contributed by atoms with Crippen molar-refractivity contribution in [3.8, 4) is 11.5 Å². The summed E-state index contributed by atoms with van der Waals surface area (Å²) in [5, 5.41) is 8.79. The van der Waals surface area contributed by atoms with Crippen LogP contribution in [0.1, 0.15) is 24.5 Å². The van der Waals surface area contributed by atoms with Crippen molar-refractivity contribution in [3.63, 3.8) is 0 Å². The van der Waals surface area contributed by atoms with Gasteiger partial charge in [-0.05, 0) is 37.3 Å². The molecule has 7 heteroatoms. The zero-order valence-corrected chi connectivity index (χ0v) is 15.2. The number of carbonyl (C=O) groups is 1. The molecule has 2 aromatic carbocycles. The van der Waals surface area contributed by atoms with Gasteiger partial charge in [0.25, 0.3) is 5.89 Å². The molecule has 0 bridgehead atoms. The Morgan fingerprint density at radius 1 is 1.08 bits per heavy atom. The maximum Gasteiger partial charge on any atom is 0.331 e. The van der Waals surface area contributed by atoms with E-state index < -0.39 is 12.1 Å². The van der Waals surface area contributed by atoms with Gasteiger partial charge in [0.2, 0.25) is 5.89 Å². The molecule has 3 rings (SSSR count). The lowest BCUT2D eigenvalue weighted by molar-refractivity contribution is -0.143. The van der Waals surface area contributed by atoms with E-state index in [0.29, 0.717) is 21.5 Å². The van der Waals surface area contributed by atoms with Crippen molar-refractivity contribution in [2.24, 2.45) is 0 Å². The zero-order chi connectivity index (χ0) is 18.5. The van der Waals surface area contributed by atoms with Crippen LogP contribution in [0.4, 0.5) is 0 Å². The van der Waals surface area contributed by atoms with Crippen LogP contribution in [0.25, 0.3) is 17.5 Å². The maximum absolute atomic E-state index is 12.0. The molecule has 0 unspecified atom stereocenters. The lowest BCUT2D eigenvalue weighted by Crippen LogP contribution is -2.06. The van der Waals surface area contributed by atoms with Gasteiger partial charge in [0.1, 0.15) is 0 Å². The van der Waals surface area contributed by atoms with E-state index in [1.165, 1.54) is 12.2 Å². The third-order valence-electron chi connectivity index (χ3n) is 3.49. The van der Waals surface area contributed by atoms with Crippen molar-refractivity contribution in [1.29, 1.82) is 0 Å². The summed E-state index contributed by atoms with van der Waals surface area (Å²) in [6.45, 7) is 1.65. The Hall–Kier alpha value is -2.63. The first-order chi connectivity index (χ1) is 12.5. The predicted octanol–water partition coefficient (Wildman–Crippen LogP) is 5.36. The number of hydrogen-bond acceptors (Lipinski definition) is 5. The Morgan fingerprint density at radius 3 is 2.46 bits per heavy atom. The first kappa shape index (κ1) is 18.2. The highest BCUT2D eigenvalue weighted by molar-refractivity contribution is 6.37. The van der Waals surface area contributed by atoms with E-state index in [2.05, 4.69) is 10.2 Å². The van der Waals surface area contributed by atoms with Crippen LogP contribution in [0.5, 0.6) is 0 Å². The molecule has 1 atom stereocenters. The van der Waals surface area contributed by atoms with Gasteiger partial charge in [0.05, 0.1) is 0 Å². The fourth-order valence-electron chi connectivity index (χ4n) is 2.18. The normalized spacial score (nSPS) is 12.3. The SMILES string of the molecule is C[C@@H](OC(=O)/C=C/c1c(Cl)cccc1Cl)c1nnc(-c2ccccc2)o1. The van der Waals surface area contributed by atoms with Crippen molar-refractivity contribution in [2.45, 2.75) is 13.0 Å². The smallest absolute Gasteiger partial charge is 0.331 e. The van der Waals surface area contributed by atoms with Crippen molar-refractivity contribution >= 4 is 35.2 Å². The molecular weight excluding hydrogens is 375 g/mol. The molecule has 0 amide bonds. The second-order valence-corrected chi connectivity index (χ2v) is 6.17. The van der Waals surface area contributed by atoms with E-state index in [9.17, 15) is 4.79 Å². The number of halogens is 2. The van der Waals surface area contributed by atoms with Gasteiger partial charge >= 0.3 is 5.97 Å². The Kier molecular flexibility index (Phi) is 5.71. The third kappa shape index (κ3) is 4.31. The number of ether oxygens (including phenoxy) is 1.